The third-order valence-electron chi connectivity index (χ3n) is 3.12. The van der Waals surface area contributed by atoms with Crippen molar-refractivity contribution in [3.63, 3.8) is 0 Å². The maximum absolute atomic E-state index is 11.5. The first-order chi connectivity index (χ1) is 8.61. The normalized spacial score (nSPS) is 14.3. The van der Waals surface area contributed by atoms with Crippen LogP contribution in [0.5, 0.6) is 0 Å². The highest BCUT2D eigenvalue weighted by molar-refractivity contribution is 5.95. The number of nitrogens with one attached hydrogen (secondary N) is 1. The molecule has 0 aliphatic carbocycles. The number of aliphatic hydroxyl groups excluding tert-OH is 1. The van der Waals surface area contributed by atoms with Gasteiger partial charge in [-0.2, -0.15) is 0 Å². The van der Waals surface area contributed by atoms with Crippen LogP contribution in [0.4, 0.5) is 5.69 Å². The predicted molar refractivity (Wildman–Crippen MR) is 67.1 cm³/mol. The Hall–Kier alpha value is -1.88. The Morgan fingerprint density at radius 3 is 2.94 bits per heavy atom. The van der Waals surface area contributed by atoms with Gasteiger partial charge >= 0.3 is 0 Å². The molecule has 0 saturated heterocycles. The van der Waals surface area contributed by atoms with Crippen molar-refractivity contribution in [2.45, 2.75) is 19.4 Å². The second-order valence-electron chi connectivity index (χ2n) is 4.35. The molecule has 0 atom stereocenters. The number of amides is 2. The second kappa shape index (κ2) is 5.18. The van der Waals surface area contributed by atoms with E-state index in [4.69, 9.17) is 5.11 Å². The molecule has 2 N–H and O–H groups in total. The van der Waals surface area contributed by atoms with Crippen LogP contribution in [0.3, 0.4) is 0 Å². The molecule has 18 heavy (non-hydrogen) atoms. The number of fused-ring (bicyclic) bond motifs is 1. The van der Waals surface area contributed by atoms with Crippen molar-refractivity contribution in [1.82, 2.24) is 5.32 Å². The number of anilines is 1. The van der Waals surface area contributed by atoms with Crippen LogP contribution >= 0.6 is 0 Å². The highest BCUT2D eigenvalue weighted by Gasteiger charge is 2.20. The number of hydrogen-bond donors (Lipinski definition) is 2. The number of hydrogen-bond acceptors (Lipinski definition) is 3. The Balaban J connectivity index is 2.13. The van der Waals surface area contributed by atoms with E-state index < -0.39 is 6.61 Å². The van der Waals surface area contributed by atoms with Gasteiger partial charge in [0.2, 0.25) is 11.8 Å². The predicted octanol–water partition coefficient (Wildman–Crippen LogP) is 0.204. The van der Waals surface area contributed by atoms with Crippen molar-refractivity contribution < 1.29 is 14.7 Å². The van der Waals surface area contributed by atoms with Gasteiger partial charge in [0.05, 0.1) is 0 Å². The molecule has 1 heterocycles. The summed E-state index contributed by atoms with van der Waals surface area (Å²) in [5.74, 6) is -0.260. The minimum atomic E-state index is -0.498. The molecule has 0 aromatic heterocycles. The van der Waals surface area contributed by atoms with E-state index in [1.165, 1.54) is 0 Å². The lowest BCUT2D eigenvalue weighted by atomic mass is 9.99. The Labute approximate surface area is 105 Å². The van der Waals surface area contributed by atoms with E-state index in [0.29, 0.717) is 13.0 Å². The maximum Gasteiger partial charge on any atom is 0.245 e. The zero-order valence-corrected chi connectivity index (χ0v) is 10.3. The summed E-state index contributed by atoms with van der Waals surface area (Å²) in [5.41, 5.74) is 3.02. The second-order valence-corrected chi connectivity index (χ2v) is 4.35. The fraction of sp³-hybridized carbons (Fsp3) is 0.385. The van der Waals surface area contributed by atoms with E-state index in [1.807, 2.05) is 18.2 Å². The fourth-order valence-corrected chi connectivity index (χ4v) is 2.08. The average molecular weight is 248 g/mol. The van der Waals surface area contributed by atoms with Crippen molar-refractivity contribution in [3.05, 3.63) is 29.3 Å². The number of carbonyl (C=O) groups excluding carboxylic acids is 2. The van der Waals surface area contributed by atoms with Gasteiger partial charge in [-0.05, 0) is 23.6 Å². The van der Waals surface area contributed by atoms with E-state index in [9.17, 15) is 9.59 Å². The molecule has 5 nitrogen and oxygen atoms in total. The molecule has 1 aliphatic heterocycles. The number of carbonyl (C=O) groups is 2. The van der Waals surface area contributed by atoms with E-state index >= 15 is 0 Å². The minimum Gasteiger partial charge on any atom is -0.387 e. The highest BCUT2D eigenvalue weighted by Crippen LogP contribution is 2.27. The molecule has 0 fully saturated rings. The van der Waals surface area contributed by atoms with Crippen LogP contribution in [0.15, 0.2) is 18.2 Å². The van der Waals surface area contributed by atoms with Crippen LogP contribution in [0.1, 0.15) is 17.5 Å². The summed E-state index contributed by atoms with van der Waals surface area (Å²) in [6.07, 6.45) is 1.26. The Morgan fingerprint density at radius 1 is 1.44 bits per heavy atom. The lowest BCUT2D eigenvalue weighted by Gasteiger charge is -2.26. The number of nitrogens with zero attached hydrogens (tertiary/aromatic N) is 1. The fourth-order valence-electron chi connectivity index (χ4n) is 2.08. The van der Waals surface area contributed by atoms with Gasteiger partial charge in [0.1, 0.15) is 6.61 Å². The molecule has 96 valence electrons. The quantitative estimate of drug-likeness (QED) is 0.803. The van der Waals surface area contributed by atoms with Crippen molar-refractivity contribution in [2.24, 2.45) is 0 Å². The summed E-state index contributed by atoms with van der Waals surface area (Å²) in [6, 6.07) is 5.77. The highest BCUT2D eigenvalue weighted by atomic mass is 16.3. The topological polar surface area (TPSA) is 69.6 Å². The molecule has 1 aromatic carbocycles. The third kappa shape index (κ3) is 2.51. The Kier molecular flexibility index (Phi) is 3.62. The largest absolute Gasteiger partial charge is 0.387 e. The molecule has 2 rings (SSSR count). The van der Waals surface area contributed by atoms with Crippen molar-refractivity contribution in [2.75, 3.05) is 18.6 Å². The summed E-state index contributed by atoms with van der Waals surface area (Å²) >= 11 is 0. The Bertz CT molecular complexity index is 485. The van der Waals surface area contributed by atoms with Crippen LogP contribution in [-0.4, -0.2) is 30.6 Å². The van der Waals surface area contributed by atoms with E-state index in [1.54, 1.807) is 11.9 Å². The van der Waals surface area contributed by atoms with Gasteiger partial charge in [0, 0.05) is 25.7 Å². The zero-order chi connectivity index (χ0) is 13.1. The molecule has 1 aromatic rings. The lowest BCUT2D eigenvalue weighted by Crippen LogP contribution is -2.31. The van der Waals surface area contributed by atoms with Gasteiger partial charge in [-0.25, -0.2) is 0 Å². The monoisotopic (exact) mass is 248 g/mol. The van der Waals surface area contributed by atoms with Gasteiger partial charge in [0.15, 0.2) is 0 Å². The van der Waals surface area contributed by atoms with Gasteiger partial charge in [-0.15, -0.1) is 0 Å². The van der Waals surface area contributed by atoms with Crippen LogP contribution in [-0.2, 0) is 22.6 Å². The first-order valence-electron chi connectivity index (χ1n) is 5.87. The number of aliphatic hydroxyl groups is 1. The summed E-state index contributed by atoms with van der Waals surface area (Å²) in [6.45, 7) is -0.105. The van der Waals surface area contributed by atoms with Crippen LogP contribution in [0, 0.1) is 0 Å². The van der Waals surface area contributed by atoms with Crippen molar-refractivity contribution in [1.29, 1.82) is 0 Å². The smallest absolute Gasteiger partial charge is 0.245 e. The summed E-state index contributed by atoms with van der Waals surface area (Å²) in [4.78, 5) is 24.2. The first kappa shape index (κ1) is 12.6. The van der Waals surface area contributed by atoms with E-state index in [0.717, 1.165) is 23.2 Å². The molecule has 5 heteroatoms. The van der Waals surface area contributed by atoms with Crippen LogP contribution in [0.25, 0.3) is 0 Å². The maximum atomic E-state index is 11.5. The number of rotatable bonds is 3. The van der Waals surface area contributed by atoms with Gasteiger partial charge in [-0.1, -0.05) is 12.1 Å². The van der Waals surface area contributed by atoms with Crippen molar-refractivity contribution in [3.8, 4) is 0 Å². The first-order valence-corrected chi connectivity index (χ1v) is 5.87. The third-order valence-corrected chi connectivity index (χ3v) is 3.12. The summed E-state index contributed by atoms with van der Waals surface area (Å²) < 4.78 is 0. The molecule has 2 amide bonds. The molecule has 1 aliphatic rings. The molecule has 0 saturated carbocycles. The minimum absolute atomic E-state index is 0.129. The number of aryl methyl sites for hydroxylation is 1. The number of benzene rings is 1. The lowest BCUT2D eigenvalue weighted by molar-refractivity contribution is -0.124. The molecular formula is C13H16N2O3. The summed E-state index contributed by atoms with van der Waals surface area (Å²) in [5, 5.41) is 11.2. The van der Waals surface area contributed by atoms with Crippen LogP contribution < -0.4 is 10.2 Å². The van der Waals surface area contributed by atoms with E-state index in [2.05, 4.69) is 5.32 Å². The summed E-state index contributed by atoms with van der Waals surface area (Å²) in [7, 11) is 1.77. The standard InChI is InChI=1S/C13H16N2O3/c1-15-11-4-2-9(7-14-12(17)8-16)6-10(11)3-5-13(15)18/h2,4,6,16H,3,5,7-8H2,1H3,(H,14,17). The molecule has 0 radical (unpaired) electrons. The Morgan fingerprint density at radius 2 is 2.22 bits per heavy atom. The van der Waals surface area contributed by atoms with Gasteiger partial charge in [-0.3, -0.25) is 9.59 Å². The van der Waals surface area contributed by atoms with Crippen molar-refractivity contribution >= 4 is 17.5 Å². The SMILES string of the molecule is CN1C(=O)CCc2cc(CNC(=O)CO)ccc21. The van der Waals surface area contributed by atoms with Gasteiger partial charge < -0.3 is 15.3 Å². The molecule has 0 spiro atoms. The molecule has 0 unspecified atom stereocenters. The van der Waals surface area contributed by atoms with Gasteiger partial charge in [0.25, 0.3) is 0 Å². The van der Waals surface area contributed by atoms with E-state index in [-0.39, 0.29) is 11.8 Å². The molecular weight excluding hydrogens is 232 g/mol. The average Bonchev–Trinajstić information content (AvgIpc) is 2.40. The molecule has 0 bridgehead atoms. The zero-order valence-electron chi connectivity index (χ0n) is 10.3. The van der Waals surface area contributed by atoms with Crippen LogP contribution in [0.2, 0.25) is 0 Å².